The van der Waals surface area contributed by atoms with Crippen molar-refractivity contribution in [2.75, 3.05) is 18.0 Å². The molecule has 1 aliphatic heterocycles. The second-order valence-electron chi connectivity index (χ2n) is 5.51. The topological polar surface area (TPSA) is 57.9 Å². The maximum Gasteiger partial charge on any atom is 0.151 e. The summed E-state index contributed by atoms with van der Waals surface area (Å²) >= 11 is 0. The molecule has 100 valence electrons. The lowest BCUT2D eigenvalue weighted by atomic mass is 10.1. The summed E-state index contributed by atoms with van der Waals surface area (Å²) in [6, 6.07) is 8.94. The lowest BCUT2D eigenvalue weighted by Crippen LogP contribution is -2.26. The molecular weight excluding hydrogens is 236 g/mol. The number of nitrogens with one attached hydrogen (secondary N) is 1. The number of aromatic amines is 1. The van der Waals surface area contributed by atoms with Crippen LogP contribution in [0, 0.1) is 13.8 Å². The van der Waals surface area contributed by atoms with E-state index in [4.69, 9.17) is 5.73 Å². The van der Waals surface area contributed by atoms with Crippen LogP contribution in [0.15, 0.2) is 24.3 Å². The summed E-state index contributed by atoms with van der Waals surface area (Å²) in [5.41, 5.74) is 10.8. The zero-order valence-electron chi connectivity index (χ0n) is 11.5. The van der Waals surface area contributed by atoms with E-state index in [9.17, 15) is 0 Å². The molecule has 1 aromatic heterocycles. The van der Waals surface area contributed by atoms with Gasteiger partial charge in [0.05, 0.1) is 5.69 Å². The molecule has 0 aliphatic carbocycles. The molecule has 0 amide bonds. The molecule has 1 aliphatic rings. The van der Waals surface area contributed by atoms with E-state index in [0.717, 1.165) is 31.0 Å². The SMILES string of the molecule is Cc1cc(C)cc(-c2cc(N3CCC(N)C3)n[nH]2)c1. The zero-order valence-corrected chi connectivity index (χ0v) is 11.5. The Labute approximate surface area is 113 Å². The van der Waals surface area contributed by atoms with E-state index in [2.05, 4.69) is 53.2 Å². The van der Waals surface area contributed by atoms with Crippen LogP contribution < -0.4 is 10.6 Å². The molecule has 1 fully saturated rings. The van der Waals surface area contributed by atoms with Crippen molar-refractivity contribution in [2.24, 2.45) is 5.73 Å². The van der Waals surface area contributed by atoms with Gasteiger partial charge in [0, 0.05) is 30.8 Å². The Morgan fingerprint density at radius 3 is 2.58 bits per heavy atom. The van der Waals surface area contributed by atoms with Crippen molar-refractivity contribution in [3.05, 3.63) is 35.4 Å². The fraction of sp³-hybridized carbons (Fsp3) is 0.400. The average Bonchev–Trinajstić information content (AvgIpc) is 2.95. The molecule has 4 heteroatoms. The zero-order chi connectivity index (χ0) is 13.4. The molecule has 1 atom stereocenters. The van der Waals surface area contributed by atoms with E-state index in [-0.39, 0.29) is 6.04 Å². The Hall–Kier alpha value is -1.81. The third-order valence-electron chi connectivity index (χ3n) is 3.65. The summed E-state index contributed by atoms with van der Waals surface area (Å²) in [7, 11) is 0. The van der Waals surface area contributed by atoms with Gasteiger partial charge in [-0.3, -0.25) is 5.10 Å². The van der Waals surface area contributed by atoms with Gasteiger partial charge in [0.15, 0.2) is 5.82 Å². The molecule has 2 aromatic rings. The second-order valence-corrected chi connectivity index (χ2v) is 5.51. The van der Waals surface area contributed by atoms with Crippen LogP contribution in [-0.4, -0.2) is 29.3 Å². The van der Waals surface area contributed by atoms with E-state index in [1.807, 2.05) is 0 Å². The van der Waals surface area contributed by atoms with Crippen LogP contribution in [0.3, 0.4) is 0 Å². The Morgan fingerprint density at radius 1 is 1.21 bits per heavy atom. The molecule has 1 aromatic carbocycles. The molecule has 2 heterocycles. The van der Waals surface area contributed by atoms with Crippen LogP contribution in [0.25, 0.3) is 11.3 Å². The second kappa shape index (κ2) is 4.70. The van der Waals surface area contributed by atoms with Crippen LogP contribution in [-0.2, 0) is 0 Å². The molecule has 3 rings (SSSR count). The Balaban J connectivity index is 1.88. The number of anilines is 1. The number of benzene rings is 1. The monoisotopic (exact) mass is 256 g/mol. The minimum Gasteiger partial charge on any atom is -0.354 e. The number of H-pyrrole nitrogens is 1. The average molecular weight is 256 g/mol. The number of hydrogen-bond donors (Lipinski definition) is 2. The summed E-state index contributed by atoms with van der Waals surface area (Å²) in [5.74, 6) is 1.00. The van der Waals surface area contributed by atoms with Crippen LogP contribution >= 0.6 is 0 Å². The summed E-state index contributed by atoms with van der Waals surface area (Å²) in [5, 5.41) is 7.55. The molecular formula is C15H20N4. The van der Waals surface area contributed by atoms with E-state index in [1.54, 1.807) is 0 Å². The molecule has 4 nitrogen and oxygen atoms in total. The van der Waals surface area contributed by atoms with Crippen molar-refractivity contribution >= 4 is 5.82 Å². The number of nitrogens with two attached hydrogens (primary N) is 1. The van der Waals surface area contributed by atoms with E-state index < -0.39 is 0 Å². The largest absolute Gasteiger partial charge is 0.354 e. The molecule has 3 N–H and O–H groups in total. The molecule has 0 saturated carbocycles. The van der Waals surface area contributed by atoms with Crippen molar-refractivity contribution < 1.29 is 0 Å². The highest BCUT2D eigenvalue weighted by Crippen LogP contribution is 2.25. The lowest BCUT2D eigenvalue weighted by Gasteiger charge is -2.13. The van der Waals surface area contributed by atoms with Crippen molar-refractivity contribution in [1.29, 1.82) is 0 Å². The summed E-state index contributed by atoms with van der Waals surface area (Å²) < 4.78 is 0. The van der Waals surface area contributed by atoms with Gasteiger partial charge in [0.25, 0.3) is 0 Å². The lowest BCUT2D eigenvalue weighted by molar-refractivity contribution is 0.751. The number of rotatable bonds is 2. The predicted molar refractivity (Wildman–Crippen MR) is 78.3 cm³/mol. The Morgan fingerprint density at radius 2 is 1.95 bits per heavy atom. The highest BCUT2D eigenvalue weighted by molar-refractivity contribution is 5.65. The van der Waals surface area contributed by atoms with Crippen LogP contribution in [0.5, 0.6) is 0 Å². The fourth-order valence-electron chi connectivity index (χ4n) is 2.75. The number of aromatic nitrogens is 2. The standard InChI is InChI=1S/C15H20N4/c1-10-5-11(2)7-12(6-10)14-8-15(18-17-14)19-4-3-13(16)9-19/h5-8,13H,3-4,9,16H2,1-2H3,(H,17,18). The van der Waals surface area contributed by atoms with Gasteiger partial charge in [-0.1, -0.05) is 17.2 Å². The number of aryl methyl sites for hydroxylation is 2. The van der Waals surface area contributed by atoms with Crippen LogP contribution in [0.2, 0.25) is 0 Å². The van der Waals surface area contributed by atoms with Gasteiger partial charge in [-0.05, 0) is 32.4 Å². The van der Waals surface area contributed by atoms with E-state index in [0.29, 0.717) is 0 Å². The van der Waals surface area contributed by atoms with Gasteiger partial charge in [0.1, 0.15) is 0 Å². The first-order chi connectivity index (χ1) is 9.11. The smallest absolute Gasteiger partial charge is 0.151 e. The van der Waals surface area contributed by atoms with Crippen molar-refractivity contribution in [3.8, 4) is 11.3 Å². The molecule has 1 saturated heterocycles. The quantitative estimate of drug-likeness (QED) is 0.866. The predicted octanol–water partition coefficient (Wildman–Crippen LogP) is 2.23. The highest BCUT2D eigenvalue weighted by atomic mass is 15.3. The van der Waals surface area contributed by atoms with Gasteiger partial charge in [-0.25, -0.2) is 0 Å². The van der Waals surface area contributed by atoms with Crippen molar-refractivity contribution in [1.82, 2.24) is 10.2 Å². The van der Waals surface area contributed by atoms with Crippen LogP contribution in [0.4, 0.5) is 5.82 Å². The van der Waals surface area contributed by atoms with Gasteiger partial charge in [-0.15, -0.1) is 0 Å². The van der Waals surface area contributed by atoms with Gasteiger partial charge < -0.3 is 10.6 Å². The Kier molecular flexibility index (Phi) is 3.03. The Bertz CT molecular complexity index is 567. The summed E-state index contributed by atoms with van der Waals surface area (Å²) in [6.45, 7) is 6.13. The van der Waals surface area contributed by atoms with Crippen molar-refractivity contribution in [2.45, 2.75) is 26.3 Å². The van der Waals surface area contributed by atoms with Crippen LogP contribution in [0.1, 0.15) is 17.5 Å². The number of hydrogen-bond acceptors (Lipinski definition) is 3. The third-order valence-corrected chi connectivity index (χ3v) is 3.65. The molecule has 0 spiro atoms. The first-order valence-corrected chi connectivity index (χ1v) is 6.76. The maximum atomic E-state index is 5.94. The normalized spacial score (nSPS) is 19.1. The first-order valence-electron chi connectivity index (χ1n) is 6.76. The molecule has 0 radical (unpaired) electrons. The molecule has 0 bridgehead atoms. The van der Waals surface area contributed by atoms with Crippen molar-refractivity contribution in [3.63, 3.8) is 0 Å². The van der Waals surface area contributed by atoms with Gasteiger partial charge in [-0.2, -0.15) is 5.10 Å². The highest BCUT2D eigenvalue weighted by Gasteiger charge is 2.21. The molecule has 19 heavy (non-hydrogen) atoms. The molecule has 1 unspecified atom stereocenters. The van der Waals surface area contributed by atoms with Gasteiger partial charge in [0.2, 0.25) is 0 Å². The third kappa shape index (κ3) is 2.49. The first kappa shape index (κ1) is 12.2. The van der Waals surface area contributed by atoms with Gasteiger partial charge >= 0.3 is 0 Å². The summed E-state index contributed by atoms with van der Waals surface area (Å²) in [6.07, 6.45) is 1.05. The minimum atomic E-state index is 0.279. The maximum absolute atomic E-state index is 5.94. The summed E-state index contributed by atoms with van der Waals surface area (Å²) in [4.78, 5) is 2.24. The number of nitrogens with zero attached hydrogens (tertiary/aromatic N) is 2. The minimum absolute atomic E-state index is 0.279. The van der Waals surface area contributed by atoms with E-state index >= 15 is 0 Å². The van der Waals surface area contributed by atoms with E-state index in [1.165, 1.54) is 16.7 Å². The fourth-order valence-corrected chi connectivity index (χ4v) is 2.75.